The molecule has 0 aromatic heterocycles. The van der Waals surface area contributed by atoms with Gasteiger partial charge in [-0.05, 0) is 50.0 Å². The van der Waals surface area contributed by atoms with Crippen molar-refractivity contribution in [1.82, 2.24) is 4.90 Å². The Hall–Kier alpha value is -2.70. The van der Waals surface area contributed by atoms with Crippen LogP contribution in [-0.2, 0) is 38.7 Å². The molecule has 0 bridgehead atoms. The summed E-state index contributed by atoms with van der Waals surface area (Å²) in [6.45, 7) is 0.0950. The molecule has 0 aliphatic heterocycles. The molecule has 2 saturated carbocycles. The Labute approximate surface area is 202 Å². The number of Topliss-reactive ketones (excluding diaryl/α,β-unsaturated/α-hetero) is 3. The number of fused-ring (bicyclic) bond motifs is 3. The SMILES string of the molecule is COCc1cc(CN)c2c(c1O)C(=O)C1C(=O)[C@@]3(O)C(=O)C(C(N)=O)C(O)C(N(C)C)C3CC1C2. The van der Waals surface area contributed by atoms with Gasteiger partial charge in [-0.15, -0.1) is 0 Å². The number of aromatic hydroxyl groups is 1. The van der Waals surface area contributed by atoms with E-state index in [2.05, 4.69) is 0 Å². The van der Waals surface area contributed by atoms with Gasteiger partial charge in [-0.2, -0.15) is 0 Å². The van der Waals surface area contributed by atoms with E-state index in [1.54, 1.807) is 25.1 Å². The summed E-state index contributed by atoms with van der Waals surface area (Å²) in [7, 11) is 4.63. The molecule has 6 unspecified atom stereocenters. The molecule has 7 N–H and O–H groups in total. The molecular formula is C24H31N3O8. The van der Waals surface area contributed by atoms with E-state index in [9.17, 15) is 34.5 Å². The third-order valence-electron chi connectivity index (χ3n) is 7.98. The minimum absolute atomic E-state index is 0.00856. The van der Waals surface area contributed by atoms with E-state index in [0.717, 1.165) is 0 Å². The lowest BCUT2D eigenvalue weighted by molar-refractivity contribution is -0.190. The van der Waals surface area contributed by atoms with Crippen LogP contribution in [0.5, 0.6) is 5.75 Å². The molecule has 11 nitrogen and oxygen atoms in total. The molecule has 1 aromatic carbocycles. The predicted octanol–water partition coefficient (Wildman–Crippen LogP) is -1.74. The Morgan fingerprint density at radius 2 is 1.89 bits per heavy atom. The number of ether oxygens (including phenoxy) is 1. The maximum atomic E-state index is 13.8. The maximum Gasteiger partial charge on any atom is 0.230 e. The van der Waals surface area contributed by atoms with Crippen LogP contribution in [0.2, 0.25) is 0 Å². The average Bonchev–Trinajstić information content (AvgIpc) is 2.77. The highest BCUT2D eigenvalue weighted by atomic mass is 16.5. The molecule has 0 heterocycles. The second-order valence-electron chi connectivity index (χ2n) is 10.0. The number of hydrogen-bond acceptors (Lipinski definition) is 10. The molecule has 4 rings (SSSR count). The lowest BCUT2D eigenvalue weighted by Gasteiger charge is -2.54. The summed E-state index contributed by atoms with van der Waals surface area (Å²) in [6, 6.07) is 0.725. The molecule has 11 heteroatoms. The van der Waals surface area contributed by atoms with Crippen molar-refractivity contribution in [2.75, 3.05) is 21.2 Å². The summed E-state index contributed by atoms with van der Waals surface area (Å²) in [5.41, 5.74) is 10.0. The molecule has 190 valence electrons. The first-order valence-electron chi connectivity index (χ1n) is 11.5. The monoisotopic (exact) mass is 489 g/mol. The Bertz CT molecular complexity index is 1120. The number of primary amides is 1. The number of carbonyl (C=O) groups excluding carboxylic acids is 4. The second-order valence-corrected chi connectivity index (χ2v) is 10.0. The number of carbonyl (C=O) groups is 4. The van der Waals surface area contributed by atoms with Crippen LogP contribution in [0, 0.1) is 23.7 Å². The number of nitrogens with zero attached hydrogens (tertiary/aromatic N) is 1. The third-order valence-corrected chi connectivity index (χ3v) is 7.98. The van der Waals surface area contributed by atoms with Crippen LogP contribution in [0.3, 0.4) is 0 Å². The van der Waals surface area contributed by atoms with Crippen molar-refractivity contribution in [2.45, 2.75) is 43.7 Å². The fourth-order valence-corrected chi connectivity index (χ4v) is 6.48. The third kappa shape index (κ3) is 3.45. The predicted molar refractivity (Wildman–Crippen MR) is 121 cm³/mol. The number of ketones is 3. The summed E-state index contributed by atoms with van der Waals surface area (Å²) in [6.07, 6.45) is -1.27. The van der Waals surface area contributed by atoms with Crippen LogP contribution in [0.1, 0.15) is 33.5 Å². The Balaban J connectivity index is 1.88. The zero-order valence-corrected chi connectivity index (χ0v) is 19.9. The summed E-state index contributed by atoms with van der Waals surface area (Å²) in [5, 5.41) is 33.3. The van der Waals surface area contributed by atoms with Gasteiger partial charge in [0, 0.05) is 31.2 Å². The van der Waals surface area contributed by atoms with Crippen molar-refractivity contribution in [2.24, 2.45) is 35.1 Å². The number of benzene rings is 1. The standard InChI is InChI=1S/C24H31N3O8/c1-27(2)17-13-6-9-5-12-10(7-25)4-11(8-35-3)18(28)15(12)19(29)14(9)21(31)24(13,34)22(32)16(20(17)30)23(26)33/h4,9,13-14,16-17,20,28,30,34H,5-8,25H2,1-3H3,(H2,26,33)/t9?,13?,14?,16?,17?,20?,24-/m1/s1. The van der Waals surface area contributed by atoms with E-state index < -0.39 is 64.7 Å². The van der Waals surface area contributed by atoms with Crippen molar-refractivity contribution < 1.29 is 39.2 Å². The minimum atomic E-state index is -2.68. The molecule has 2 fully saturated rings. The quantitative estimate of drug-likeness (QED) is 0.297. The summed E-state index contributed by atoms with van der Waals surface area (Å²) >= 11 is 0. The zero-order valence-electron chi connectivity index (χ0n) is 19.9. The second kappa shape index (κ2) is 8.75. The largest absolute Gasteiger partial charge is 0.507 e. The van der Waals surface area contributed by atoms with Gasteiger partial charge in [0.15, 0.2) is 23.0 Å². The maximum absolute atomic E-state index is 13.8. The number of hydrogen-bond donors (Lipinski definition) is 5. The molecule has 1 aromatic rings. The number of amides is 1. The fraction of sp³-hybridized carbons (Fsp3) is 0.583. The number of methoxy groups -OCH3 is 1. The number of nitrogens with two attached hydrogens (primary N) is 2. The zero-order chi connectivity index (χ0) is 26.0. The summed E-state index contributed by atoms with van der Waals surface area (Å²) in [4.78, 5) is 54.4. The van der Waals surface area contributed by atoms with Crippen LogP contribution >= 0.6 is 0 Å². The number of phenolic OH excluding ortho intramolecular Hbond substituents is 1. The van der Waals surface area contributed by atoms with E-state index in [1.807, 2.05) is 0 Å². The van der Waals surface area contributed by atoms with Crippen LogP contribution in [-0.4, -0.2) is 82.4 Å². The van der Waals surface area contributed by atoms with Gasteiger partial charge in [0.25, 0.3) is 0 Å². The van der Waals surface area contributed by atoms with Gasteiger partial charge in [-0.3, -0.25) is 19.2 Å². The Morgan fingerprint density at radius 1 is 1.23 bits per heavy atom. The highest BCUT2D eigenvalue weighted by Crippen LogP contribution is 2.52. The molecule has 0 radical (unpaired) electrons. The Morgan fingerprint density at radius 3 is 2.43 bits per heavy atom. The Kier molecular flexibility index (Phi) is 6.35. The van der Waals surface area contributed by atoms with Gasteiger partial charge in [-0.1, -0.05) is 0 Å². The molecule has 7 atom stereocenters. The van der Waals surface area contributed by atoms with E-state index in [-0.39, 0.29) is 37.3 Å². The summed E-state index contributed by atoms with van der Waals surface area (Å²) < 4.78 is 5.11. The van der Waals surface area contributed by atoms with Gasteiger partial charge >= 0.3 is 0 Å². The topological polar surface area (TPSA) is 193 Å². The van der Waals surface area contributed by atoms with E-state index in [0.29, 0.717) is 16.7 Å². The van der Waals surface area contributed by atoms with Crippen molar-refractivity contribution in [3.63, 3.8) is 0 Å². The van der Waals surface area contributed by atoms with Gasteiger partial charge in [0.1, 0.15) is 11.7 Å². The lowest BCUT2D eigenvalue weighted by atomic mass is 9.52. The van der Waals surface area contributed by atoms with Gasteiger partial charge in [-0.25, -0.2) is 0 Å². The van der Waals surface area contributed by atoms with E-state index in [1.165, 1.54) is 7.11 Å². The minimum Gasteiger partial charge on any atom is -0.507 e. The van der Waals surface area contributed by atoms with Gasteiger partial charge < -0.3 is 36.4 Å². The number of rotatable bonds is 5. The van der Waals surface area contributed by atoms with Crippen molar-refractivity contribution in [3.8, 4) is 5.75 Å². The molecule has 0 spiro atoms. The number of aliphatic hydroxyl groups excluding tert-OH is 1. The first kappa shape index (κ1) is 25.4. The van der Waals surface area contributed by atoms with Crippen molar-refractivity contribution >= 4 is 23.3 Å². The lowest BCUT2D eigenvalue weighted by Crippen LogP contribution is -2.75. The molecule has 1 amide bonds. The van der Waals surface area contributed by atoms with E-state index in [4.69, 9.17) is 16.2 Å². The van der Waals surface area contributed by atoms with E-state index >= 15 is 0 Å². The van der Waals surface area contributed by atoms with Gasteiger partial charge in [0.2, 0.25) is 5.91 Å². The average molecular weight is 490 g/mol. The van der Waals surface area contributed by atoms with Crippen LogP contribution in [0.25, 0.3) is 0 Å². The molecule has 35 heavy (non-hydrogen) atoms. The van der Waals surface area contributed by atoms with Gasteiger partial charge in [0.05, 0.1) is 24.2 Å². The highest BCUT2D eigenvalue weighted by Gasteiger charge is 2.69. The normalized spacial score (nSPS) is 34.4. The molecule has 0 saturated heterocycles. The number of phenols is 1. The van der Waals surface area contributed by atoms with Crippen molar-refractivity contribution in [1.29, 1.82) is 0 Å². The summed E-state index contributed by atoms with van der Waals surface area (Å²) in [5.74, 6) is -9.30. The molecular weight excluding hydrogens is 458 g/mol. The van der Waals surface area contributed by atoms with Crippen LogP contribution in [0.15, 0.2) is 6.07 Å². The first-order chi connectivity index (χ1) is 16.4. The first-order valence-corrected chi connectivity index (χ1v) is 11.5. The molecule has 3 aliphatic rings. The number of likely N-dealkylation sites (N-methyl/N-ethyl adjacent to an activating group) is 1. The van der Waals surface area contributed by atoms with Crippen molar-refractivity contribution in [3.05, 3.63) is 28.3 Å². The molecule has 3 aliphatic carbocycles. The highest BCUT2D eigenvalue weighted by molar-refractivity contribution is 6.25. The fourth-order valence-electron chi connectivity index (χ4n) is 6.48. The number of aliphatic hydroxyl groups is 2. The smallest absolute Gasteiger partial charge is 0.230 e. The van der Waals surface area contributed by atoms with Crippen LogP contribution in [0.4, 0.5) is 0 Å². The van der Waals surface area contributed by atoms with Crippen LogP contribution < -0.4 is 11.5 Å².